The van der Waals surface area contributed by atoms with Crippen molar-refractivity contribution in [1.82, 2.24) is 0 Å². The summed E-state index contributed by atoms with van der Waals surface area (Å²) in [6, 6.07) is 29.3. The van der Waals surface area contributed by atoms with Crippen LogP contribution in [0.5, 0.6) is 0 Å². The van der Waals surface area contributed by atoms with E-state index >= 15 is 0 Å². The molecule has 2 nitrogen and oxygen atoms in total. The summed E-state index contributed by atoms with van der Waals surface area (Å²) in [4.78, 5) is 0. The van der Waals surface area contributed by atoms with E-state index in [4.69, 9.17) is 0 Å². The van der Waals surface area contributed by atoms with Crippen molar-refractivity contribution in [3.05, 3.63) is 108 Å². The molecule has 0 aliphatic heterocycles. The van der Waals surface area contributed by atoms with Gasteiger partial charge in [0.15, 0.2) is 0 Å². The van der Waals surface area contributed by atoms with Crippen LogP contribution in [0.25, 0.3) is 6.15 Å². The van der Waals surface area contributed by atoms with E-state index in [-0.39, 0.29) is 64.3 Å². The van der Waals surface area contributed by atoms with Gasteiger partial charge in [-0.3, -0.25) is 0 Å². The molecular weight excluding hydrogens is 450 g/mol. The summed E-state index contributed by atoms with van der Waals surface area (Å²) in [6.45, 7) is 18.3. The summed E-state index contributed by atoms with van der Waals surface area (Å²) in [5.74, 6) is 0. The SMILES string of the molecule is CC.CC.CC.CNc1ccccc1.Cc1c[c-]ccc1.Cc1ccccc1C.[NH2-].[Rb+]. The molecule has 0 aliphatic carbocycles. The van der Waals surface area contributed by atoms with Crippen LogP contribution in [0.4, 0.5) is 5.69 Å². The topological polar surface area (TPSA) is 45.5 Å². The summed E-state index contributed by atoms with van der Waals surface area (Å²) in [5, 5.41) is 3.03. The third kappa shape index (κ3) is 27.2. The van der Waals surface area contributed by atoms with E-state index in [1.165, 1.54) is 16.7 Å². The molecule has 0 aliphatic rings. The number of para-hydroxylation sites is 1. The summed E-state index contributed by atoms with van der Waals surface area (Å²) in [5.41, 5.74) is 5.16. The van der Waals surface area contributed by atoms with Gasteiger partial charge in [-0.15, -0.1) is 0 Å². The molecule has 0 radical (unpaired) electrons. The standard InChI is InChI=1S/C8H10.C7H9N.C7H7.3C2H6.H2N.Rb/c1-7-5-3-4-6-8(7)2;1-8-7-5-3-2-4-6-7;1-7-5-3-2-4-6-7;3*1-2;;/h3-6H,1-2H3;2-6,8H,1H3;2-3,5-6H,1H3;3*1-2H3;1H2;/q;;-1;;;;-1;+1. The van der Waals surface area contributed by atoms with Crippen LogP contribution in [0.1, 0.15) is 58.2 Å². The summed E-state index contributed by atoms with van der Waals surface area (Å²) >= 11 is 0. The molecule has 0 unspecified atom stereocenters. The summed E-state index contributed by atoms with van der Waals surface area (Å²) < 4.78 is 0. The Morgan fingerprint density at radius 1 is 0.613 bits per heavy atom. The molecule has 0 heterocycles. The van der Waals surface area contributed by atoms with Gasteiger partial charge in [0, 0.05) is 12.7 Å². The number of hydrogen-bond donors (Lipinski definition) is 1. The van der Waals surface area contributed by atoms with Crippen molar-refractivity contribution in [2.75, 3.05) is 12.4 Å². The van der Waals surface area contributed by atoms with Gasteiger partial charge in [-0.05, 0) is 37.1 Å². The molecule has 3 N–H and O–H groups in total. The fourth-order valence-corrected chi connectivity index (χ4v) is 1.75. The van der Waals surface area contributed by atoms with E-state index in [9.17, 15) is 0 Å². The van der Waals surface area contributed by atoms with Gasteiger partial charge in [-0.1, -0.05) is 90.9 Å². The molecule has 31 heavy (non-hydrogen) atoms. The molecule has 170 valence electrons. The van der Waals surface area contributed by atoms with Crippen molar-refractivity contribution in [2.45, 2.75) is 62.3 Å². The Labute approximate surface area is 243 Å². The quantitative estimate of drug-likeness (QED) is 0.378. The molecule has 0 aromatic heterocycles. The average Bonchev–Trinajstić information content (AvgIpc) is 2.82. The summed E-state index contributed by atoms with van der Waals surface area (Å²) in [6.07, 6.45) is 0. The second-order valence-corrected chi connectivity index (χ2v) is 5.28. The van der Waals surface area contributed by atoms with E-state index < -0.39 is 0 Å². The Hall–Kier alpha value is -0.775. The zero-order chi connectivity index (χ0) is 22.9. The maximum Gasteiger partial charge on any atom is 1.00 e. The van der Waals surface area contributed by atoms with Crippen LogP contribution >= 0.6 is 0 Å². The molecular formula is C28H46N2Rb-. The van der Waals surface area contributed by atoms with Crippen molar-refractivity contribution in [2.24, 2.45) is 0 Å². The Balaban J connectivity index is -0.0000000945. The van der Waals surface area contributed by atoms with Crippen molar-refractivity contribution in [3.8, 4) is 0 Å². The average molecular weight is 496 g/mol. The smallest absolute Gasteiger partial charge is 0.693 e. The number of nitrogens with two attached hydrogens (primary N) is 1. The predicted octanol–water partition coefficient (Wildman–Crippen LogP) is 6.63. The van der Waals surface area contributed by atoms with Crippen molar-refractivity contribution in [1.29, 1.82) is 0 Å². The van der Waals surface area contributed by atoms with Gasteiger partial charge in [-0.25, -0.2) is 0 Å². The molecule has 0 atom stereocenters. The summed E-state index contributed by atoms with van der Waals surface area (Å²) in [7, 11) is 1.91. The molecule has 3 aromatic rings. The molecule has 0 saturated carbocycles. The van der Waals surface area contributed by atoms with Crippen LogP contribution in [-0.4, -0.2) is 7.05 Å². The van der Waals surface area contributed by atoms with E-state index in [1.807, 2.05) is 97.1 Å². The Bertz CT molecular complexity index is 635. The van der Waals surface area contributed by atoms with Crippen LogP contribution in [0.3, 0.4) is 0 Å². The Morgan fingerprint density at radius 3 is 1.26 bits per heavy atom. The zero-order valence-corrected chi connectivity index (χ0v) is 27.0. The number of anilines is 1. The molecule has 0 amide bonds. The molecule has 0 fully saturated rings. The van der Waals surface area contributed by atoms with Crippen molar-refractivity contribution in [3.63, 3.8) is 0 Å². The minimum atomic E-state index is 0. The molecule has 3 aromatic carbocycles. The van der Waals surface area contributed by atoms with Gasteiger partial charge < -0.3 is 11.5 Å². The molecule has 3 rings (SSSR count). The minimum Gasteiger partial charge on any atom is -0.693 e. The second-order valence-electron chi connectivity index (χ2n) is 5.28. The van der Waals surface area contributed by atoms with Crippen molar-refractivity contribution < 1.29 is 58.2 Å². The van der Waals surface area contributed by atoms with Gasteiger partial charge in [0.2, 0.25) is 0 Å². The number of aryl methyl sites for hydroxylation is 3. The fourth-order valence-electron chi connectivity index (χ4n) is 1.75. The van der Waals surface area contributed by atoms with Crippen LogP contribution in [-0.2, 0) is 0 Å². The fraction of sp³-hybridized carbons (Fsp3) is 0.357. The van der Waals surface area contributed by atoms with E-state index in [0.29, 0.717) is 0 Å². The van der Waals surface area contributed by atoms with Crippen LogP contribution in [0.15, 0.2) is 78.9 Å². The Kier molecular flexibility index (Phi) is 44.3. The van der Waals surface area contributed by atoms with Gasteiger partial charge in [-0.2, -0.15) is 35.9 Å². The molecule has 3 heteroatoms. The molecule has 0 bridgehead atoms. The van der Waals surface area contributed by atoms with E-state index in [1.54, 1.807) is 0 Å². The zero-order valence-electron chi connectivity index (χ0n) is 22.1. The van der Waals surface area contributed by atoms with Crippen molar-refractivity contribution >= 4 is 5.69 Å². The maximum absolute atomic E-state index is 3.03. The third-order valence-electron chi connectivity index (χ3n) is 3.35. The van der Waals surface area contributed by atoms with Gasteiger partial charge >= 0.3 is 58.2 Å². The first kappa shape index (κ1) is 40.6. The van der Waals surface area contributed by atoms with E-state index in [2.05, 4.69) is 62.5 Å². The number of nitrogens with one attached hydrogen (secondary N) is 1. The van der Waals surface area contributed by atoms with Gasteiger partial charge in [0.1, 0.15) is 0 Å². The van der Waals surface area contributed by atoms with Crippen LogP contribution in [0, 0.1) is 26.8 Å². The number of hydrogen-bond acceptors (Lipinski definition) is 1. The monoisotopic (exact) mass is 495 g/mol. The number of rotatable bonds is 1. The predicted molar refractivity (Wildman–Crippen MR) is 141 cm³/mol. The molecule has 0 saturated heterocycles. The van der Waals surface area contributed by atoms with Gasteiger partial charge in [0.25, 0.3) is 0 Å². The molecule has 0 spiro atoms. The first-order valence-electron chi connectivity index (χ1n) is 10.8. The van der Waals surface area contributed by atoms with Gasteiger partial charge in [0.05, 0.1) is 0 Å². The number of benzene rings is 3. The van der Waals surface area contributed by atoms with Crippen LogP contribution < -0.4 is 63.5 Å². The normalized spacial score (nSPS) is 7.16. The Morgan fingerprint density at radius 2 is 1.03 bits per heavy atom. The first-order chi connectivity index (χ1) is 14.1. The van der Waals surface area contributed by atoms with E-state index in [0.717, 1.165) is 5.69 Å². The van der Waals surface area contributed by atoms with Crippen LogP contribution in [0.2, 0.25) is 0 Å². The first-order valence-corrected chi connectivity index (χ1v) is 10.8. The second kappa shape index (κ2) is 33.9. The third-order valence-corrected chi connectivity index (χ3v) is 3.35. The largest absolute Gasteiger partial charge is 1.00 e. The minimum absolute atomic E-state index is 0. The maximum atomic E-state index is 3.03.